The number of nitrogens with zero attached hydrogens (tertiary/aromatic N) is 3. The van der Waals surface area contributed by atoms with Crippen molar-refractivity contribution in [3.05, 3.63) is 94.3 Å². The van der Waals surface area contributed by atoms with Crippen LogP contribution in [0.3, 0.4) is 0 Å². The Morgan fingerprint density at radius 3 is 2.48 bits per heavy atom. The Kier molecular flexibility index (Phi) is 10.1. The van der Waals surface area contributed by atoms with E-state index in [2.05, 4.69) is 61.2 Å². The number of halogens is 2. The van der Waals surface area contributed by atoms with Gasteiger partial charge in [0.25, 0.3) is 0 Å². The molecule has 2 aromatic heterocycles. The van der Waals surface area contributed by atoms with Crippen LogP contribution in [0.25, 0.3) is 16.8 Å². The Hall–Kier alpha value is -3.74. The highest BCUT2D eigenvalue weighted by atomic mass is 19.3. The van der Waals surface area contributed by atoms with Crippen molar-refractivity contribution in [1.29, 1.82) is 0 Å². The van der Waals surface area contributed by atoms with Crippen LogP contribution in [0.2, 0.25) is 0 Å². The third-order valence-corrected chi connectivity index (χ3v) is 10.4. The van der Waals surface area contributed by atoms with Gasteiger partial charge in [-0.25, -0.2) is 9.67 Å². The molecule has 3 aromatic rings. The van der Waals surface area contributed by atoms with E-state index in [1.54, 1.807) is 13.3 Å². The number of hydrogen-bond donors (Lipinski definition) is 1. The number of ether oxygens (including phenoxy) is 1. The molecular weight excluding hydrogens is 578 g/mol. The van der Waals surface area contributed by atoms with Gasteiger partial charge in [-0.05, 0) is 123 Å². The molecule has 5 nitrogen and oxygen atoms in total. The number of benzene rings is 1. The molecule has 1 fully saturated rings. The van der Waals surface area contributed by atoms with E-state index < -0.39 is 6.55 Å². The third-order valence-electron chi connectivity index (χ3n) is 10.4. The molecule has 0 spiro atoms. The van der Waals surface area contributed by atoms with Gasteiger partial charge < -0.3 is 9.72 Å². The number of allylic oxidation sites excluding steroid dienone is 8. The van der Waals surface area contributed by atoms with Gasteiger partial charge in [0.1, 0.15) is 11.6 Å². The van der Waals surface area contributed by atoms with Crippen molar-refractivity contribution < 1.29 is 13.5 Å². The van der Waals surface area contributed by atoms with Crippen molar-refractivity contribution in [1.82, 2.24) is 19.7 Å². The fourth-order valence-electron chi connectivity index (χ4n) is 7.90. The topological polar surface area (TPSA) is 55.7 Å². The summed E-state index contributed by atoms with van der Waals surface area (Å²) in [6.07, 6.45) is 22.1. The number of rotatable bonds is 7. The quantitative estimate of drug-likeness (QED) is 0.284. The van der Waals surface area contributed by atoms with Gasteiger partial charge in [-0.3, -0.25) is 0 Å². The summed E-state index contributed by atoms with van der Waals surface area (Å²) in [7, 11) is 1.69. The van der Waals surface area contributed by atoms with Gasteiger partial charge in [-0.15, -0.1) is 0 Å². The van der Waals surface area contributed by atoms with Crippen LogP contribution in [0.15, 0.2) is 77.2 Å². The molecule has 1 aromatic carbocycles. The molecule has 0 amide bonds. The normalized spacial score (nSPS) is 22.9. The van der Waals surface area contributed by atoms with Crippen LogP contribution in [-0.2, 0) is 0 Å². The Labute approximate surface area is 272 Å². The smallest absolute Gasteiger partial charge is 0.333 e. The SMILES string of the molecule is CCC1=C(C2CCCCC(c3nc(-c4ccc(OC)cc4)c(C)[nH]3)CC2)C2=C(CCCC(c3cnn(C(F)F)c3)=C2)C(C)CC=C1. The lowest BCUT2D eigenvalue weighted by molar-refractivity contribution is 0.0566. The van der Waals surface area contributed by atoms with Crippen molar-refractivity contribution in [2.75, 3.05) is 7.11 Å². The average Bonchev–Trinajstić information content (AvgIpc) is 3.63. The van der Waals surface area contributed by atoms with Crippen LogP contribution in [0.1, 0.15) is 114 Å². The number of imidazole rings is 1. The Bertz CT molecular complexity index is 1640. The molecule has 0 bridgehead atoms. The first-order valence-corrected chi connectivity index (χ1v) is 17.2. The molecule has 0 radical (unpaired) electrons. The molecule has 3 aliphatic rings. The number of aromatic amines is 1. The maximum atomic E-state index is 13.5. The van der Waals surface area contributed by atoms with Crippen molar-refractivity contribution in [3.8, 4) is 17.0 Å². The second-order valence-corrected chi connectivity index (χ2v) is 13.4. The van der Waals surface area contributed by atoms with Crippen LogP contribution < -0.4 is 4.74 Å². The number of aromatic nitrogens is 4. The Morgan fingerprint density at radius 2 is 1.76 bits per heavy atom. The van der Waals surface area contributed by atoms with E-state index in [1.165, 1.54) is 47.8 Å². The molecule has 3 unspecified atom stereocenters. The zero-order valence-electron chi connectivity index (χ0n) is 27.8. The maximum absolute atomic E-state index is 13.5. The molecule has 244 valence electrons. The zero-order chi connectivity index (χ0) is 32.2. The van der Waals surface area contributed by atoms with Crippen LogP contribution >= 0.6 is 0 Å². The van der Waals surface area contributed by atoms with E-state index in [0.29, 0.717) is 17.8 Å². The minimum absolute atomic E-state index is 0.385. The van der Waals surface area contributed by atoms with Crippen molar-refractivity contribution >= 4 is 5.57 Å². The highest BCUT2D eigenvalue weighted by Gasteiger charge is 2.30. The third kappa shape index (κ3) is 6.84. The van der Waals surface area contributed by atoms with Crippen molar-refractivity contribution in [3.63, 3.8) is 0 Å². The molecule has 7 heteroatoms. The summed E-state index contributed by atoms with van der Waals surface area (Å²) in [6, 6.07) is 8.16. The molecule has 2 heterocycles. The van der Waals surface area contributed by atoms with Crippen LogP contribution in [0, 0.1) is 18.8 Å². The lowest BCUT2D eigenvalue weighted by Crippen LogP contribution is -2.17. The summed E-state index contributed by atoms with van der Waals surface area (Å²) in [5.74, 6) is 3.22. The molecular formula is C39H48F2N4O. The van der Waals surface area contributed by atoms with E-state index in [0.717, 1.165) is 95.7 Å². The van der Waals surface area contributed by atoms with E-state index in [4.69, 9.17) is 9.72 Å². The number of hydrogen-bond acceptors (Lipinski definition) is 3. The highest BCUT2D eigenvalue weighted by molar-refractivity contribution is 5.71. The second-order valence-electron chi connectivity index (χ2n) is 13.4. The van der Waals surface area contributed by atoms with Gasteiger partial charge in [0, 0.05) is 28.9 Å². The van der Waals surface area contributed by atoms with Crippen LogP contribution in [-0.4, -0.2) is 26.9 Å². The lowest BCUT2D eigenvalue weighted by atomic mass is 9.74. The first kappa shape index (κ1) is 32.2. The van der Waals surface area contributed by atoms with Crippen molar-refractivity contribution in [2.24, 2.45) is 11.8 Å². The minimum atomic E-state index is -2.63. The van der Waals surface area contributed by atoms with Gasteiger partial charge in [0.05, 0.1) is 19.0 Å². The zero-order valence-corrected chi connectivity index (χ0v) is 27.8. The van der Waals surface area contributed by atoms with Gasteiger partial charge in [-0.2, -0.15) is 13.9 Å². The summed E-state index contributed by atoms with van der Waals surface area (Å²) in [6.45, 7) is 4.13. The van der Waals surface area contributed by atoms with Gasteiger partial charge in [0.2, 0.25) is 0 Å². The van der Waals surface area contributed by atoms with Crippen LogP contribution in [0.5, 0.6) is 5.75 Å². The number of alkyl halides is 2. The first-order chi connectivity index (χ1) is 22.4. The number of H-pyrrole nitrogens is 1. The number of aryl methyl sites for hydroxylation is 1. The minimum Gasteiger partial charge on any atom is -0.497 e. The maximum Gasteiger partial charge on any atom is 0.333 e. The number of methoxy groups -OCH3 is 1. The summed E-state index contributed by atoms with van der Waals surface area (Å²) < 4.78 is 33.1. The highest BCUT2D eigenvalue weighted by Crippen LogP contribution is 2.45. The van der Waals surface area contributed by atoms with E-state index in [1.807, 2.05) is 12.1 Å². The van der Waals surface area contributed by atoms with E-state index >= 15 is 0 Å². The van der Waals surface area contributed by atoms with Crippen molar-refractivity contribution in [2.45, 2.75) is 104 Å². The first-order valence-electron chi connectivity index (χ1n) is 17.2. The summed E-state index contributed by atoms with van der Waals surface area (Å²) in [5, 5.41) is 3.98. The van der Waals surface area contributed by atoms with Gasteiger partial charge in [-0.1, -0.05) is 50.5 Å². The van der Waals surface area contributed by atoms with E-state index in [9.17, 15) is 8.78 Å². The monoisotopic (exact) mass is 626 g/mol. The summed E-state index contributed by atoms with van der Waals surface area (Å²) in [5.41, 5.74) is 11.0. The molecule has 3 aliphatic carbocycles. The fourth-order valence-corrected chi connectivity index (χ4v) is 7.90. The Balaban J connectivity index is 1.33. The average molecular weight is 627 g/mol. The number of nitrogens with one attached hydrogen (secondary N) is 1. The summed E-state index contributed by atoms with van der Waals surface area (Å²) >= 11 is 0. The lowest BCUT2D eigenvalue weighted by Gasteiger charge is -2.31. The predicted molar refractivity (Wildman–Crippen MR) is 182 cm³/mol. The van der Waals surface area contributed by atoms with Gasteiger partial charge >= 0.3 is 6.55 Å². The van der Waals surface area contributed by atoms with Crippen LogP contribution in [0.4, 0.5) is 8.78 Å². The Morgan fingerprint density at radius 1 is 1.00 bits per heavy atom. The standard InChI is InChI=1S/C39H48F2N4O/c1-5-27-13-8-10-25(2)34-15-9-14-31(32-23-42-45(24-32)39(40)41)22-35(34)36(27)28-11-6-7-12-30(17-16-28)38-43-26(3)37(44-38)29-18-20-33(46-4)21-19-29/h8,13,18-25,28,30,39H,5-7,9-12,14-17H2,1-4H3,(H,43,44). The predicted octanol–water partition coefficient (Wildman–Crippen LogP) is 10.9. The molecule has 6 rings (SSSR count). The largest absolute Gasteiger partial charge is 0.497 e. The van der Waals surface area contributed by atoms with E-state index in [-0.39, 0.29) is 0 Å². The molecule has 0 saturated heterocycles. The fraction of sp³-hybridized carbons (Fsp3) is 0.487. The molecule has 46 heavy (non-hydrogen) atoms. The summed E-state index contributed by atoms with van der Waals surface area (Å²) in [4.78, 5) is 8.84. The molecule has 3 atom stereocenters. The van der Waals surface area contributed by atoms with Gasteiger partial charge in [0.15, 0.2) is 0 Å². The molecule has 0 aliphatic heterocycles. The molecule has 1 saturated carbocycles. The second kappa shape index (κ2) is 14.4. The molecule has 1 N–H and O–H groups in total.